The van der Waals surface area contributed by atoms with Gasteiger partial charge < -0.3 is 10.1 Å². The third kappa shape index (κ3) is 4.67. The highest BCUT2D eigenvalue weighted by atomic mass is 32.2. The van der Waals surface area contributed by atoms with Crippen molar-refractivity contribution >= 4 is 11.8 Å². The Kier molecular flexibility index (Phi) is 6.65. The zero-order chi connectivity index (χ0) is 10.2. The molecule has 1 aliphatic rings. The summed E-state index contributed by atoms with van der Waals surface area (Å²) in [6.07, 6.45) is 7.81. The number of ether oxygens (including phenoxy) is 1. The summed E-state index contributed by atoms with van der Waals surface area (Å²) < 4.78 is 5.51. The molecule has 0 aliphatic heterocycles. The van der Waals surface area contributed by atoms with Crippen LogP contribution in [0.3, 0.4) is 0 Å². The predicted octanol–water partition coefficient (Wildman–Crippen LogP) is 2.29. The number of rotatable bonds is 8. The minimum Gasteiger partial charge on any atom is -0.378 e. The van der Waals surface area contributed by atoms with Crippen LogP contribution in [0.2, 0.25) is 0 Å². The van der Waals surface area contributed by atoms with Gasteiger partial charge in [-0.25, -0.2) is 0 Å². The SMILES string of the molecule is CCOC1CC(NCCCCSC)C1. The summed E-state index contributed by atoms with van der Waals surface area (Å²) in [5, 5.41) is 3.58. The summed E-state index contributed by atoms with van der Waals surface area (Å²) in [6, 6.07) is 0.737. The van der Waals surface area contributed by atoms with Crippen molar-refractivity contribution in [2.75, 3.05) is 25.2 Å². The van der Waals surface area contributed by atoms with Crippen molar-refractivity contribution in [3.63, 3.8) is 0 Å². The van der Waals surface area contributed by atoms with E-state index in [0.29, 0.717) is 6.10 Å². The van der Waals surface area contributed by atoms with Crippen LogP contribution in [0.15, 0.2) is 0 Å². The Hall–Kier alpha value is 0.270. The third-order valence-electron chi connectivity index (χ3n) is 2.71. The van der Waals surface area contributed by atoms with E-state index in [2.05, 4.69) is 18.5 Å². The van der Waals surface area contributed by atoms with E-state index in [1.165, 1.54) is 38.0 Å². The van der Waals surface area contributed by atoms with Crippen LogP contribution in [0, 0.1) is 0 Å². The van der Waals surface area contributed by atoms with Gasteiger partial charge in [0.1, 0.15) is 0 Å². The lowest BCUT2D eigenvalue weighted by atomic mass is 9.89. The third-order valence-corrected chi connectivity index (χ3v) is 3.40. The number of thioether (sulfide) groups is 1. The largest absolute Gasteiger partial charge is 0.378 e. The Morgan fingerprint density at radius 1 is 1.36 bits per heavy atom. The maximum Gasteiger partial charge on any atom is 0.0604 e. The van der Waals surface area contributed by atoms with E-state index in [9.17, 15) is 0 Å². The topological polar surface area (TPSA) is 21.3 Å². The lowest BCUT2D eigenvalue weighted by molar-refractivity contribution is -0.00973. The fourth-order valence-electron chi connectivity index (χ4n) is 1.78. The molecule has 84 valence electrons. The van der Waals surface area contributed by atoms with E-state index in [-0.39, 0.29) is 0 Å². The fourth-order valence-corrected chi connectivity index (χ4v) is 2.27. The highest BCUT2D eigenvalue weighted by Crippen LogP contribution is 2.22. The van der Waals surface area contributed by atoms with Gasteiger partial charge in [0.25, 0.3) is 0 Å². The molecule has 0 bridgehead atoms. The molecule has 2 nitrogen and oxygen atoms in total. The molecule has 0 aromatic rings. The molecule has 0 aromatic heterocycles. The molecule has 0 heterocycles. The molecule has 1 aliphatic carbocycles. The van der Waals surface area contributed by atoms with Crippen molar-refractivity contribution in [3.8, 4) is 0 Å². The molecule has 0 radical (unpaired) electrons. The minimum atomic E-state index is 0.545. The highest BCUT2D eigenvalue weighted by Gasteiger charge is 2.28. The monoisotopic (exact) mass is 217 g/mol. The summed E-state index contributed by atoms with van der Waals surface area (Å²) >= 11 is 1.94. The van der Waals surface area contributed by atoms with Crippen LogP contribution in [0.4, 0.5) is 0 Å². The van der Waals surface area contributed by atoms with Gasteiger partial charge in [-0.05, 0) is 51.2 Å². The van der Waals surface area contributed by atoms with Gasteiger partial charge in [0.2, 0.25) is 0 Å². The predicted molar refractivity (Wildman–Crippen MR) is 64.1 cm³/mol. The van der Waals surface area contributed by atoms with Crippen molar-refractivity contribution in [2.45, 2.75) is 44.8 Å². The maximum absolute atomic E-state index is 5.51. The van der Waals surface area contributed by atoms with Gasteiger partial charge in [0.15, 0.2) is 0 Å². The maximum atomic E-state index is 5.51. The van der Waals surface area contributed by atoms with Gasteiger partial charge in [-0.1, -0.05) is 0 Å². The minimum absolute atomic E-state index is 0.545. The first-order valence-electron chi connectivity index (χ1n) is 5.70. The van der Waals surface area contributed by atoms with Crippen LogP contribution in [-0.4, -0.2) is 37.3 Å². The molecule has 14 heavy (non-hydrogen) atoms. The lowest BCUT2D eigenvalue weighted by Crippen LogP contribution is -2.45. The Labute approximate surface area is 92.2 Å². The van der Waals surface area contributed by atoms with Crippen LogP contribution >= 0.6 is 11.8 Å². The zero-order valence-corrected chi connectivity index (χ0v) is 10.2. The van der Waals surface area contributed by atoms with Gasteiger partial charge in [0.05, 0.1) is 6.10 Å². The van der Waals surface area contributed by atoms with Gasteiger partial charge in [0, 0.05) is 12.6 Å². The molecule has 0 aromatic carbocycles. The van der Waals surface area contributed by atoms with Crippen LogP contribution in [0.1, 0.15) is 32.6 Å². The van der Waals surface area contributed by atoms with Gasteiger partial charge in [-0.3, -0.25) is 0 Å². The Bertz CT molecular complexity index is 137. The molecule has 3 heteroatoms. The quantitative estimate of drug-likeness (QED) is 0.630. The van der Waals surface area contributed by atoms with E-state index in [0.717, 1.165) is 12.6 Å². The molecule has 1 fully saturated rings. The zero-order valence-electron chi connectivity index (χ0n) is 9.42. The molecule has 0 saturated heterocycles. The Morgan fingerprint density at radius 2 is 2.14 bits per heavy atom. The van der Waals surface area contributed by atoms with Crippen molar-refractivity contribution in [3.05, 3.63) is 0 Å². The van der Waals surface area contributed by atoms with Crippen LogP contribution in [-0.2, 0) is 4.74 Å². The first-order valence-corrected chi connectivity index (χ1v) is 7.10. The number of unbranched alkanes of at least 4 members (excludes halogenated alkanes) is 1. The van der Waals surface area contributed by atoms with Crippen molar-refractivity contribution < 1.29 is 4.74 Å². The fraction of sp³-hybridized carbons (Fsp3) is 1.00. The number of nitrogens with one attached hydrogen (secondary N) is 1. The molecule has 0 unspecified atom stereocenters. The summed E-state index contributed by atoms with van der Waals surface area (Å²) in [5.41, 5.74) is 0. The average molecular weight is 217 g/mol. The second-order valence-electron chi connectivity index (χ2n) is 3.90. The highest BCUT2D eigenvalue weighted by molar-refractivity contribution is 7.98. The van der Waals surface area contributed by atoms with E-state index >= 15 is 0 Å². The normalized spacial score (nSPS) is 26.1. The molecule has 1 saturated carbocycles. The second kappa shape index (κ2) is 7.55. The van der Waals surface area contributed by atoms with Gasteiger partial charge >= 0.3 is 0 Å². The van der Waals surface area contributed by atoms with Gasteiger partial charge in [-0.2, -0.15) is 11.8 Å². The molecule has 1 rings (SSSR count). The second-order valence-corrected chi connectivity index (χ2v) is 4.89. The molecular weight excluding hydrogens is 194 g/mol. The van der Waals surface area contributed by atoms with Gasteiger partial charge in [-0.15, -0.1) is 0 Å². The Morgan fingerprint density at radius 3 is 2.79 bits per heavy atom. The Balaban J connectivity index is 1.81. The van der Waals surface area contributed by atoms with Crippen molar-refractivity contribution in [2.24, 2.45) is 0 Å². The van der Waals surface area contributed by atoms with E-state index in [1.54, 1.807) is 0 Å². The average Bonchev–Trinajstić information content (AvgIpc) is 2.13. The van der Waals surface area contributed by atoms with Crippen LogP contribution < -0.4 is 5.32 Å². The van der Waals surface area contributed by atoms with Crippen LogP contribution in [0.25, 0.3) is 0 Å². The summed E-state index contributed by atoms with van der Waals surface area (Å²) in [7, 11) is 0. The molecular formula is C11H23NOS. The van der Waals surface area contributed by atoms with E-state index in [1.807, 2.05) is 11.8 Å². The first kappa shape index (κ1) is 12.3. The first-order chi connectivity index (χ1) is 6.86. The lowest BCUT2D eigenvalue weighted by Gasteiger charge is -2.35. The number of hydrogen-bond donors (Lipinski definition) is 1. The number of hydrogen-bond acceptors (Lipinski definition) is 3. The summed E-state index contributed by atoms with van der Waals surface area (Å²) in [5.74, 6) is 1.30. The summed E-state index contributed by atoms with van der Waals surface area (Å²) in [4.78, 5) is 0. The molecule has 0 amide bonds. The molecule has 0 atom stereocenters. The van der Waals surface area contributed by atoms with Crippen molar-refractivity contribution in [1.29, 1.82) is 0 Å². The molecule has 0 spiro atoms. The smallest absolute Gasteiger partial charge is 0.0604 e. The van der Waals surface area contributed by atoms with Crippen molar-refractivity contribution in [1.82, 2.24) is 5.32 Å². The van der Waals surface area contributed by atoms with E-state index < -0.39 is 0 Å². The molecule has 1 N–H and O–H groups in total. The standard InChI is InChI=1S/C11H23NOS/c1-3-13-11-8-10(9-11)12-6-4-5-7-14-2/h10-12H,3-9H2,1-2H3. The van der Waals surface area contributed by atoms with E-state index in [4.69, 9.17) is 4.74 Å². The summed E-state index contributed by atoms with van der Waals surface area (Å²) in [6.45, 7) is 4.12. The van der Waals surface area contributed by atoms with Crippen LogP contribution in [0.5, 0.6) is 0 Å².